The van der Waals surface area contributed by atoms with Crippen LogP contribution < -0.4 is 5.32 Å². The number of carbonyl (C=O) groups is 3. The van der Waals surface area contributed by atoms with Gasteiger partial charge in [0.05, 0.1) is 0 Å². The molecule has 0 bridgehead atoms. The zero-order valence-electron chi connectivity index (χ0n) is 16.1. The number of likely N-dealkylation sites (N-methyl/N-ethyl adjacent to an activating group) is 1. The van der Waals surface area contributed by atoms with Crippen LogP contribution in [-0.2, 0) is 16.1 Å². The molecule has 1 aromatic rings. The van der Waals surface area contributed by atoms with Crippen LogP contribution in [0, 0.1) is 0 Å². The summed E-state index contributed by atoms with van der Waals surface area (Å²) in [5, 5.41) is 2.88. The number of hydrogen-bond donors (Lipinski definition) is 1. The lowest BCUT2D eigenvalue weighted by Gasteiger charge is -2.42. The van der Waals surface area contributed by atoms with Gasteiger partial charge in [0.25, 0.3) is 5.91 Å². The lowest BCUT2D eigenvalue weighted by atomic mass is 9.98. The van der Waals surface area contributed by atoms with E-state index in [1.807, 2.05) is 31.1 Å². The molecule has 7 heteroatoms. The molecule has 1 atom stereocenters. The Morgan fingerprint density at radius 1 is 1.19 bits per heavy atom. The SMILES string of the molecule is CN(C)CCNC(=O)c1ccc(CN2CC(=O)N3CCCC[C@@H]3C2=O)cc1. The van der Waals surface area contributed by atoms with Gasteiger partial charge in [0.15, 0.2) is 0 Å². The summed E-state index contributed by atoms with van der Waals surface area (Å²) in [6.45, 7) is 2.61. The van der Waals surface area contributed by atoms with Crippen molar-refractivity contribution in [3.63, 3.8) is 0 Å². The van der Waals surface area contributed by atoms with E-state index in [1.54, 1.807) is 21.9 Å². The summed E-state index contributed by atoms with van der Waals surface area (Å²) in [7, 11) is 3.92. The molecule has 0 radical (unpaired) electrons. The minimum atomic E-state index is -0.290. The van der Waals surface area contributed by atoms with Crippen LogP contribution >= 0.6 is 0 Å². The summed E-state index contributed by atoms with van der Waals surface area (Å²) < 4.78 is 0. The Morgan fingerprint density at radius 3 is 2.63 bits per heavy atom. The topological polar surface area (TPSA) is 73.0 Å². The Balaban J connectivity index is 1.58. The first-order valence-corrected chi connectivity index (χ1v) is 9.56. The number of piperidine rings is 1. The molecule has 2 heterocycles. The molecule has 0 spiro atoms. The van der Waals surface area contributed by atoms with E-state index in [0.29, 0.717) is 25.2 Å². The molecule has 146 valence electrons. The molecule has 3 amide bonds. The quantitative estimate of drug-likeness (QED) is 0.798. The van der Waals surface area contributed by atoms with Crippen LogP contribution in [0.1, 0.15) is 35.2 Å². The van der Waals surface area contributed by atoms with Crippen molar-refractivity contribution >= 4 is 17.7 Å². The van der Waals surface area contributed by atoms with E-state index in [-0.39, 0.29) is 30.3 Å². The third-order valence-electron chi connectivity index (χ3n) is 5.18. The number of hydrogen-bond acceptors (Lipinski definition) is 4. The van der Waals surface area contributed by atoms with Crippen molar-refractivity contribution in [2.24, 2.45) is 0 Å². The molecule has 1 N–H and O–H groups in total. The van der Waals surface area contributed by atoms with Gasteiger partial charge >= 0.3 is 0 Å². The van der Waals surface area contributed by atoms with Gasteiger partial charge in [0, 0.05) is 31.7 Å². The Morgan fingerprint density at radius 2 is 1.93 bits per heavy atom. The molecule has 0 aromatic heterocycles. The Kier molecular flexibility index (Phi) is 6.11. The molecule has 7 nitrogen and oxygen atoms in total. The van der Waals surface area contributed by atoms with Crippen LogP contribution in [-0.4, -0.2) is 78.7 Å². The van der Waals surface area contributed by atoms with Gasteiger partial charge in [-0.3, -0.25) is 14.4 Å². The second kappa shape index (κ2) is 8.52. The maximum Gasteiger partial charge on any atom is 0.251 e. The highest BCUT2D eigenvalue weighted by Gasteiger charge is 2.40. The average Bonchev–Trinajstić information content (AvgIpc) is 2.66. The van der Waals surface area contributed by atoms with E-state index in [9.17, 15) is 14.4 Å². The van der Waals surface area contributed by atoms with Gasteiger partial charge in [-0.1, -0.05) is 12.1 Å². The van der Waals surface area contributed by atoms with Crippen LogP contribution in [0.5, 0.6) is 0 Å². The fourth-order valence-corrected chi connectivity index (χ4v) is 3.64. The second-order valence-corrected chi connectivity index (χ2v) is 7.55. The lowest BCUT2D eigenvalue weighted by molar-refractivity contribution is -0.158. The first-order chi connectivity index (χ1) is 13.0. The Hall–Kier alpha value is -2.41. The molecule has 0 unspecified atom stereocenters. The molecule has 1 aromatic carbocycles. The molecule has 0 aliphatic carbocycles. The average molecular weight is 372 g/mol. The van der Waals surface area contributed by atoms with Gasteiger partial charge in [-0.25, -0.2) is 0 Å². The maximum absolute atomic E-state index is 12.7. The molecule has 2 aliphatic rings. The molecule has 0 saturated carbocycles. The number of fused-ring (bicyclic) bond motifs is 1. The van der Waals surface area contributed by atoms with E-state index < -0.39 is 0 Å². The van der Waals surface area contributed by atoms with Gasteiger partial charge < -0.3 is 20.0 Å². The molecule has 27 heavy (non-hydrogen) atoms. The van der Waals surface area contributed by atoms with E-state index in [4.69, 9.17) is 0 Å². The van der Waals surface area contributed by atoms with Crippen LogP contribution in [0.25, 0.3) is 0 Å². The Bertz CT molecular complexity index is 702. The van der Waals surface area contributed by atoms with E-state index in [0.717, 1.165) is 31.4 Å². The van der Waals surface area contributed by atoms with Crippen LogP contribution in [0.3, 0.4) is 0 Å². The zero-order valence-corrected chi connectivity index (χ0v) is 16.1. The van der Waals surface area contributed by atoms with Crippen molar-refractivity contribution in [1.29, 1.82) is 0 Å². The maximum atomic E-state index is 12.7. The van der Waals surface area contributed by atoms with Crippen molar-refractivity contribution in [2.45, 2.75) is 31.8 Å². The number of piperazine rings is 1. The summed E-state index contributed by atoms with van der Waals surface area (Å²) >= 11 is 0. The van der Waals surface area contributed by atoms with Crippen LogP contribution in [0.2, 0.25) is 0 Å². The van der Waals surface area contributed by atoms with Crippen molar-refractivity contribution in [1.82, 2.24) is 20.0 Å². The smallest absolute Gasteiger partial charge is 0.251 e. The molecule has 2 saturated heterocycles. The summed E-state index contributed by atoms with van der Waals surface area (Å²) in [5.74, 6) is -0.0264. The minimum absolute atomic E-state index is 0.0381. The lowest BCUT2D eigenvalue weighted by Crippen LogP contribution is -2.60. The highest BCUT2D eigenvalue weighted by molar-refractivity contribution is 5.95. The number of nitrogens with one attached hydrogen (secondary N) is 1. The third kappa shape index (κ3) is 4.66. The largest absolute Gasteiger partial charge is 0.351 e. The molecule has 2 aliphatic heterocycles. The molecule has 2 fully saturated rings. The standard InChI is InChI=1S/C20H28N4O3/c1-22(2)12-10-21-19(26)16-8-6-15(7-9-16)13-23-14-18(25)24-11-4-3-5-17(24)20(23)27/h6-9,17H,3-5,10-14H2,1-2H3,(H,21,26)/t17-/m1/s1. The number of carbonyl (C=O) groups excluding carboxylic acids is 3. The number of rotatable bonds is 6. The minimum Gasteiger partial charge on any atom is -0.351 e. The van der Waals surface area contributed by atoms with Gasteiger partial charge in [-0.2, -0.15) is 0 Å². The van der Waals surface area contributed by atoms with Gasteiger partial charge in [0.1, 0.15) is 12.6 Å². The Labute approximate surface area is 160 Å². The summed E-state index contributed by atoms with van der Waals surface area (Å²) in [4.78, 5) is 42.6. The first-order valence-electron chi connectivity index (χ1n) is 9.56. The summed E-state index contributed by atoms with van der Waals surface area (Å²) in [6, 6.07) is 6.95. The van der Waals surface area contributed by atoms with E-state index in [1.165, 1.54) is 0 Å². The summed E-state index contributed by atoms with van der Waals surface area (Å²) in [5.41, 5.74) is 1.52. The molecule has 3 rings (SSSR count). The summed E-state index contributed by atoms with van der Waals surface area (Å²) in [6.07, 6.45) is 2.73. The van der Waals surface area contributed by atoms with Gasteiger partial charge in [-0.15, -0.1) is 0 Å². The monoisotopic (exact) mass is 372 g/mol. The predicted molar refractivity (Wildman–Crippen MR) is 102 cm³/mol. The van der Waals surface area contributed by atoms with E-state index >= 15 is 0 Å². The zero-order chi connectivity index (χ0) is 19.4. The fraction of sp³-hybridized carbons (Fsp3) is 0.550. The van der Waals surface area contributed by atoms with Crippen molar-refractivity contribution in [2.75, 3.05) is 40.3 Å². The molecular weight excluding hydrogens is 344 g/mol. The number of amides is 3. The predicted octanol–water partition coefficient (Wildman–Crippen LogP) is 0.701. The highest BCUT2D eigenvalue weighted by atomic mass is 16.2. The van der Waals surface area contributed by atoms with Crippen molar-refractivity contribution < 1.29 is 14.4 Å². The molecular formula is C20H28N4O3. The highest BCUT2D eigenvalue weighted by Crippen LogP contribution is 2.24. The number of nitrogens with zero attached hydrogens (tertiary/aromatic N) is 3. The number of benzene rings is 1. The van der Waals surface area contributed by atoms with Crippen molar-refractivity contribution in [3.05, 3.63) is 35.4 Å². The van der Waals surface area contributed by atoms with Gasteiger partial charge in [-0.05, 0) is 51.1 Å². The van der Waals surface area contributed by atoms with Crippen LogP contribution in [0.4, 0.5) is 0 Å². The normalized spacial score (nSPS) is 20.0. The van der Waals surface area contributed by atoms with E-state index in [2.05, 4.69) is 5.32 Å². The first kappa shape index (κ1) is 19.4. The second-order valence-electron chi connectivity index (χ2n) is 7.55. The van der Waals surface area contributed by atoms with Gasteiger partial charge in [0.2, 0.25) is 11.8 Å². The van der Waals surface area contributed by atoms with Crippen molar-refractivity contribution in [3.8, 4) is 0 Å². The van der Waals surface area contributed by atoms with Crippen LogP contribution in [0.15, 0.2) is 24.3 Å². The fourth-order valence-electron chi connectivity index (χ4n) is 3.64. The third-order valence-corrected chi connectivity index (χ3v) is 5.18.